The summed E-state index contributed by atoms with van der Waals surface area (Å²) in [7, 11) is 0. The Balaban J connectivity index is 1.56. The fourth-order valence-corrected chi connectivity index (χ4v) is 4.08. The fraction of sp³-hybridized carbons (Fsp3) is 0.867. The molecule has 2 heterocycles. The van der Waals surface area contributed by atoms with E-state index in [1.807, 2.05) is 11.8 Å². The molecule has 4 nitrogen and oxygen atoms in total. The van der Waals surface area contributed by atoms with Crippen LogP contribution in [0.4, 0.5) is 0 Å². The molecule has 20 heavy (non-hydrogen) atoms. The average molecular weight is 295 g/mol. The van der Waals surface area contributed by atoms with Crippen LogP contribution in [0.3, 0.4) is 0 Å². The zero-order valence-electron chi connectivity index (χ0n) is 12.5. The van der Waals surface area contributed by atoms with Crippen molar-refractivity contribution in [1.29, 1.82) is 0 Å². The van der Waals surface area contributed by atoms with E-state index in [0.717, 1.165) is 30.4 Å². The molecule has 1 N–H and O–H groups in total. The van der Waals surface area contributed by atoms with Crippen molar-refractivity contribution in [3.05, 3.63) is 11.7 Å². The van der Waals surface area contributed by atoms with Crippen LogP contribution in [0.2, 0.25) is 0 Å². The highest BCUT2D eigenvalue weighted by Crippen LogP contribution is 2.41. The minimum Gasteiger partial charge on any atom is -0.339 e. The predicted octanol–water partition coefficient (Wildman–Crippen LogP) is 3.00. The van der Waals surface area contributed by atoms with Crippen molar-refractivity contribution in [3.8, 4) is 0 Å². The number of hydrogen-bond donors (Lipinski definition) is 1. The van der Waals surface area contributed by atoms with Crippen molar-refractivity contribution in [1.82, 2.24) is 15.5 Å². The van der Waals surface area contributed by atoms with E-state index in [9.17, 15) is 0 Å². The Labute approximate surface area is 125 Å². The van der Waals surface area contributed by atoms with Crippen LogP contribution in [-0.2, 0) is 6.42 Å². The number of nitrogens with one attached hydrogen (secondary N) is 1. The van der Waals surface area contributed by atoms with E-state index in [1.165, 1.54) is 31.4 Å². The molecule has 0 spiro atoms. The van der Waals surface area contributed by atoms with Gasteiger partial charge >= 0.3 is 0 Å². The third kappa shape index (κ3) is 3.55. The lowest BCUT2D eigenvalue weighted by atomic mass is 9.73. The zero-order valence-corrected chi connectivity index (χ0v) is 13.3. The Morgan fingerprint density at radius 3 is 2.85 bits per heavy atom. The van der Waals surface area contributed by atoms with Gasteiger partial charge in [0.2, 0.25) is 5.89 Å². The van der Waals surface area contributed by atoms with Gasteiger partial charge in [0.15, 0.2) is 5.82 Å². The molecular formula is C15H25N3OS. The second-order valence-corrected chi connectivity index (χ2v) is 8.06. The number of thioether (sulfide) groups is 1. The molecule has 0 radical (unpaired) electrons. The molecule has 1 unspecified atom stereocenters. The van der Waals surface area contributed by atoms with Crippen LogP contribution < -0.4 is 5.32 Å². The van der Waals surface area contributed by atoms with Gasteiger partial charge in [-0.05, 0) is 31.1 Å². The predicted molar refractivity (Wildman–Crippen MR) is 82.1 cm³/mol. The maximum absolute atomic E-state index is 5.46. The van der Waals surface area contributed by atoms with Gasteiger partial charge in [-0.25, -0.2) is 0 Å². The molecule has 0 bridgehead atoms. The monoisotopic (exact) mass is 295 g/mol. The molecule has 3 rings (SSSR count). The summed E-state index contributed by atoms with van der Waals surface area (Å²) in [5.74, 6) is 4.62. The number of nitrogens with zero attached hydrogens (tertiary/aromatic N) is 2. The fourth-order valence-electron chi connectivity index (χ4n) is 3.14. The Hall–Kier alpha value is -0.550. The van der Waals surface area contributed by atoms with Crippen LogP contribution in [0.5, 0.6) is 0 Å². The summed E-state index contributed by atoms with van der Waals surface area (Å²) >= 11 is 2.00. The summed E-state index contributed by atoms with van der Waals surface area (Å²) in [5.41, 5.74) is 0.492. The van der Waals surface area contributed by atoms with Gasteiger partial charge in [0.1, 0.15) is 0 Å². The van der Waals surface area contributed by atoms with E-state index in [0.29, 0.717) is 17.4 Å². The second kappa shape index (κ2) is 6.06. The van der Waals surface area contributed by atoms with Gasteiger partial charge in [-0.3, -0.25) is 0 Å². The first-order chi connectivity index (χ1) is 9.62. The molecule has 1 saturated heterocycles. The van der Waals surface area contributed by atoms with Gasteiger partial charge in [0, 0.05) is 36.4 Å². The normalized spacial score (nSPS) is 27.6. The third-order valence-corrected chi connectivity index (χ3v) is 5.74. The molecule has 1 aromatic heterocycles. The third-order valence-electron chi connectivity index (χ3n) is 4.61. The van der Waals surface area contributed by atoms with Crippen molar-refractivity contribution in [2.45, 2.75) is 57.9 Å². The van der Waals surface area contributed by atoms with E-state index < -0.39 is 0 Å². The van der Waals surface area contributed by atoms with Gasteiger partial charge in [-0.15, -0.1) is 0 Å². The lowest BCUT2D eigenvalue weighted by Crippen LogP contribution is -2.38. The molecule has 1 aliphatic heterocycles. The van der Waals surface area contributed by atoms with Gasteiger partial charge in [-0.2, -0.15) is 16.7 Å². The van der Waals surface area contributed by atoms with Crippen molar-refractivity contribution >= 4 is 11.8 Å². The Morgan fingerprint density at radius 1 is 1.35 bits per heavy atom. The van der Waals surface area contributed by atoms with Crippen molar-refractivity contribution in [2.24, 2.45) is 5.41 Å². The highest BCUT2D eigenvalue weighted by molar-refractivity contribution is 7.99. The van der Waals surface area contributed by atoms with Crippen LogP contribution in [-0.4, -0.2) is 34.2 Å². The van der Waals surface area contributed by atoms with Crippen LogP contribution in [0, 0.1) is 5.41 Å². The summed E-state index contributed by atoms with van der Waals surface area (Å²) in [5, 5.41) is 7.75. The minimum atomic E-state index is 0.492. The largest absolute Gasteiger partial charge is 0.339 e. The van der Waals surface area contributed by atoms with Crippen LogP contribution >= 0.6 is 11.8 Å². The number of rotatable bonds is 3. The zero-order chi connectivity index (χ0) is 14.0. The molecule has 0 amide bonds. The maximum atomic E-state index is 5.46. The first-order valence-corrected chi connectivity index (χ1v) is 8.91. The number of aromatic nitrogens is 2. The lowest BCUT2D eigenvalue weighted by molar-refractivity contribution is 0.218. The summed E-state index contributed by atoms with van der Waals surface area (Å²) in [6, 6.07) is 0.493. The molecule has 2 fully saturated rings. The Kier molecular flexibility index (Phi) is 4.36. The summed E-state index contributed by atoms with van der Waals surface area (Å²) < 4.78 is 5.46. The smallest absolute Gasteiger partial charge is 0.228 e. The SMILES string of the molecule is CC1(C)CCC(c2noc(CC3CSCCN3)n2)CC1. The topological polar surface area (TPSA) is 51.0 Å². The van der Waals surface area contributed by atoms with Crippen molar-refractivity contribution < 1.29 is 4.52 Å². The van der Waals surface area contributed by atoms with E-state index in [4.69, 9.17) is 4.52 Å². The Morgan fingerprint density at radius 2 is 2.15 bits per heavy atom. The molecular weight excluding hydrogens is 270 g/mol. The molecule has 1 aliphatic carbocycles. The van der Waals surface area contributed by atoms with Crippen LogP contribution in [0.25, 0.3) is 0 Å². The van der Waals surface area contributed by atoms with E-state index >= 15 is 0 Å². The van der Waals surface area contributed by atoms with Crippen molar-refractivity contribution in [2.75, 3.05) is 18.1 Å². The van der Waals surface area contributed by atoms with Crippen molar-refractivity contribution in [3.63, 3.8) is 0 Å². The van der Waals surface area contributed by atoms with Crippen LogP contribution in [0.15, 0.2) is 4.52 Å². The molecule has 0 aromatic carbocycles. The van der Waals surface area contributed by atoms with Gasteiger partial charge in [0.05, 0.1) is 0 Å². The highest BCUT2D eigenvalue weighted by Gasteiger charge is 2.30. The summed E-state index contributed by atoms with van der Waals surface area (Å²) in [6.45, 7) is 5.81. The quantitative estimate of drug-likeness (QED) is 0.929. The molecule has 112 valence electrons. The van der Waals surface area contributed by atoms with Gasteiger partial charge in [0.25, 0.3) is 0 Å². The van der Waals surface area contributed by atoms with Gasteiger partial charge < -0.3 is 9.84 Å². The summed E-state index contributed by atoms with van der Waals surface area (Å²) in [6.07, 6.45) is 5.80. The highest BCUT2D eigenvalue weighted by atomic mass is 32.2. The standard InChI is InChI=1S/C15H25N3OS/c1-15(2)5-3-11(4-6-15)14-17-13(19-18-14)9-12-10-20-8-7-16-12/h11-12,16H,3-10H2,1-2H3. The molecule has 5 heteroatoms. The van der Waals surface area contributed by atoms with Gasteiger partial charge in [-0.1, -0.05) is 19.0 Å². The first-order valence-electron chi connectivity index (χ1n) is 7.76. The average Bonchev–Trinajstić information content (AvgIpc) is 2.88. The maximum Gasteiger partial charge on any atom is 0.228 e. The number of hydrogen-bond acceptors (Lipinski definition) is 5. The van der Waals surface area contributed by atoms with E-state index in [2.05, 4.69) is 29.3 Å². The molecule has 1 saturated carbocycles. The molecule has 1 atom stereocenters. The Bertz CT molecular complexity index is 430. The van der Waals surface area contributed by atoms with E-state index in [-0.39, 0.29) is 0 Å². The first kappa shape index (κ1) is 14.4. The minimum absolute atomic E-state index is 0.492. The van der Waals surface area contributed by atoms with Crippen LogP contribution in [0.1, 0.15) is 57.2 Å². The summed E-state index contributed by atoms with van der Waals surface area (Å²) in [4.78, 5) is 4.65. The van der Waals surface area contributed by atoms with E-state index in [1.54, 1.807) is 0 Å². The second-order valence-electron chi connectivity index (χ2n) is 6.91. The molecule has 2 aliphatic rings. The molecule has 1 aromatic rings. The lowest BCUT2D eigenvalue weighted by Gasteiger charge is -2.32.